The van der Waals surface area contributed by atoms with E-state index in [1.165, 1.54) is 0 Å². The molecule has 0 aromatic heterocycles. The molecule has 18 heavy (non-hydrogen) atoms. The molecule has 0 N–H and O–H groups in total. The molecule has 1 aromatic carbocycles. The summed E-state index contributed by atoms with van der Waals surface area (Å²) in [5, 5.41) is 0. The number of hydrogen-bond acceptors (Lipinski definition) is 3. The molecule has 0 radical (unpaired) electrons. The van der Waals surface area contributed by atoms with Gasteiger partial charge < -0.3 is 9.47 Å². The normalized spacial score (nSPS) is 9.17. The lowest BCUT2D eigenvalue weighted by atomic mass is 10.0. The van der Waals surface area contributed by atoms with Crippen molar-refractivity contribution in [3.05, 3.63) is 29.3 Å². The van der Waals surface area contributed by atoms with E-state index in [2.05, 4.69) is 0 Å². The van der Waals surface area contributed by atoms with Gasteiger partial charge in [-0.25, -0.2) is 0 Å². The first kappa shape index (κ1) is 16.5. The highest BCUT2D eigenvalue weighted by molar-refractivity contribution is 5.70. The Morgan fingerprint density at radius 1 is 1.28 bits per heavy atom. The van der Waals surface area contributed by atoms with Crippen LogP contribution in [-0.4, -0.2) is 19.7 Å². The first-order valence-electron chi connectivity index (χ1n) is 6.47. The molecule has 0 heterocycles. The number of esters is 1. The molecule has 0 aliphatic rings. The monoisotopic (exact) mass is 252 g/mol. The molecule has 0 saturated carbocycles. The lowest BCUT2D eigenvalue weighted by molar-refractivity contribution is -0.143. The van der Waals surface area contributed by atoms with Crippen LogP contribution in [0.2, 0.25) is 0 Å². The second-order valence-corrected chi connectivity index (χ2v) is 3.56. The van der Waals surface area contributed by atoms with Crippen LogP contribution in [-0.2, 0) is 16.0 Å². The summed E-state index contributed by atoms with van der Waals surface area (Å²) in [7, 11) is 1.64. The maximum Gasteiger partial charge on any atom is 0.306 e. The molecule has 1 aromatic rings. The minimum Gasteiger partial charge on any atom is -0.496 e. The third-order valence-electron chi connectivity index (χ3n) is 2.47. The van der Waals surface area contributed by atoms with Crippen molar-refractivity contribution in [1.82, 2.24) is 0 Å². The third kappa shape index (κ3) is 5.21. The standard InChI is InChI=1S/C13H18O3.C2H6/c1-4-16-13(14)9-8-11-10(2)6-5-7-12(11)15-3;1-2/h5-7H,4,8-9H2,1-3H3;1-2H3. The summed E-state index contributed by atoms with van der Waals surface area (Å²) in [4.78, 5) is 11.3. The summed E-state index contributed by atoms with van der Waals surface area (Å²) in [5.41, 5.74) is 2.22. The highest BCUT2D eigenvalue weighted by atomic mass is 16.5. The van der Waals surface area contributed by atoms with Crippen LogP contribution < -0.4 is 4.74 Å². The van der Waals surface area contributed by atoms with Crippen molar-refractivity contribution >= 4 is 5.97 Å². The van der Waals surface area contributed by atoms with Crippen LogP contribution in [0.15, 0.2) is 18.2 Å². The van der Waals surface area contributed by atoms with E-state index in [0.717, 1.165) is 16.9 Å². The molecule has 0 unspecified atom stereocenters. The molecular formula is C15H24O3. The van der Waals surface area contributed by atoms with Gasteiger partial charge in [0.05, 0.1) is 13.7 Å². The maximum absolute atomic E-state index is 11.3. The molecule has 3 heteroatoms. The first-order valence-corrected chi connectivity index (χ1v) is 6.47. The Labute approximate surface area is 110 Å². The van der Waals surface area contributed by atoms with E-state index in [0.29, 0.717) is 19.4 Å². The van der Waals surface area contributed by atoms with E-state index in [1.54, 1.807) is 7.11 Å². The average Bonchev–Trinajstić information content (AvgIpc) is 2.39. The Hall–Kier alpha value is -1.51. The summed E-state index contributed by atoms with van der Waals surface area (Å²) in [6.45, 7) is 8.26. The van der Waals surface area contributed by atoms with Gasteiger partial charge in [-0.15, -0.1) is 0 Å². The second-order valence-electron chi connectivity index (χ2n) is 3.56. The second kappa shape index (κ2) is 9.51. The van der Waals surface area contributed by atoms with Gasteiger partial charge in [0.15, 0.2) is 0 Å². The van der Waals surface area contributed by atoms with Crippen molar-refractivity contribution in [1.29, 1.82) is 0 Å². The van der Waals surface area contributed by atoms with Gasteiger partial charge in [0.1, 0.15) is 5.75 Å². The fraction of sp³-hybridized carbons (Fsp3) is 0.533. The fourth-order valence-electron chi connectivity index (χ4n) is 1.65. The first-order chi connectivity index (χ1) is 8.69. The number of carbonyl (C=O) groups excluding carboxylic acids is 1. The van der Waals surface area contributed by atoms with Crippen LogP contribution in [0.4, 0.5) is 0 Å². The molecular weight excluding hydrogens is 228 g/mol. The van der Waals surface area contributed by atoms with Crippen molar-refractivity contribution in [3.8, 4) is 5.75 Å². The minimum atomic E-state index is -0.159. The number of aryl methyl sites for hydroxylation is 1. The molecule has 0 bridgehead atoms. The van der Waals surface area contributed by atoms with Crippen LogP contribution in [0.5, 0.6) is 5.75 Å². The summed E-state index contributed by atoms with van der Waals surface area (Å²) >= 11 is 0. The molecule has 0 spiro atoms. The van der Waals surface area contributed by atoms with Crippen molar-refractivity contribution in [3.63, 3.8) is 0 Å². The third-order valence-corrected chi connectivity index (χ3v) is 2.47. The van der Waals surface area contributed by atoms with Crippen LogP contribution in [0.25, 0.3) is 0 Å². The Balaban J connectivity index is 0.00000137. The van der Waals surface area contributed by atoms with Crippen molar-refractivity contribution in [2.24, 2.45) is 0 Å². The van der Waals surface area contributed by atoms with Gasteiger partial charge in [0, 0.05) is 6.42 Å². The molecule has 0 fully saturated rings. The average molecular weight is 252 g/mol. The SMILES string of the molecule is CC.CCOC(=O)CCc1c(C)cccc1OC. The van der Waals surface area contributed by atoms with Gasteiger partial charge in [0.25, 0.3) is 0 Å². The Morgan fingerprint density at radius 3 is 2.50 bits per heavy atom. The molecule has 0 aliphatic heterocycles. The van der Waals surface area contributed by atoms with Crippen LogP contribution in [0.1, 0.15) is 38.3 Å². The lowest BCUT2D eigenvalue weighted by Gasteiger charge is -2.10. The van der Waals surface area contributed by atoms with Gasteiger partial charge in [-0.1, -0.05) is 26.0 Å². The van der Waals surface area contributed by atoms with Gasteiger partial charge in [-0.2, -0.15) is 0 Å². The van der Waals surface area contributed by atoms with Crippen LogP contribution >= 0.6 is 0 Å². The van der Waals surface area contributed by atoms with E-state index < -0.39 is 0 Å². The summed E-state index contributed by atoms with van der Waals surface area (Å²) in [6, 6.07) is 5.87. The molecule has 0 saturated heterocycles. The molecule has 0 atom stereocenters. The van der Waals surface area contributed by atoms with Gasteiger partial charge >= 0.3 is 5.97 Å². The van der Waals surface area contributed by atoms with E-state index >= 15 is 0 Å². The topological polar surface area (TPSA) is 35.5 Å². The minimum absolute atomic E-state index is 0.159. The van der Waals surface area contributed by atoms with Gasteiger partial charge in [0.2, 0.25) is 0 Å². The predicted octanol–water partition coefficient (Wildman–Crippen LogP) is 3.53. The number of benzene rings is 1. The molecule has 1 rings (SSSR count). The number of rotatable bonds is 5. The Morgan fingerprint density at radius 2 is 1.94 bits per heavy atom. The van der Waals surface area contributed by atoms with Crippen molar-refractivity contribution in [2.45, 2.75) is 40.5 Å². The smallest absolute Gasteiger partial charge is 0.306 e. The van der Waals surface area contributed by atoms with E-state index in [1.807, 2.05) is 45.9 Å². The number of carbonyl (C=O) groups is 1. The molecule has 102 valence electrons. The predicted molar refractivity (Wildman–Crippen MR) is 74.0 cm³/mol. The molecule has 3 nitrogen and oxygen atoms in total. The van der Waals surface area contributed by atoms with E-state index in [4.69, 9.17) is 9.47 Å². The van der Waals surface area contributed by atoms with Crippen LogP contribution in [0.3, 0.4) is 0 Å². The zero-order valence-electron chi connectivity index (χ0n) is 12.1. The van der Waals surface area contributed by atoms with E-state index in [-0.39, 0.29) is 5.97 Å². The Kier molecular flexibility index (Phi) is 8.71. The zero-order chi connectivity index (χ0) is 14.0. The summed E-state index contributed by atoms with van der Waals surface area (Å²) in [6.07, 6.45) is 1.06. The van der Waals surface area contributed by atoms with Crippen molar-refractivity contribution in [2.75, 3.05) is 13.7 Å². The van der Waals surface area contributed by atoms with Gasteiger partial charge in [-0.05, 0) is 37.5 Å². The maximum atomic E-state index is 11.3. The quantitative estimate of drug-likeness (QED) is 0.752. The highest BCUT2D eigenvalue weighted by Gasteiger charge is 2.09. The number of methoxy groups -OCH3 is 1. The molecule has 0 amide bonds. The lowest BCUT2D eigenvalue weighted by Crippen LogP contribution is -2.06. The molecule has 0 aliphatic carbocycles. The fourth-order valence-corrected chi connectivity index (χ4v) is 1.65. The zero-order valence-corrected chi connectivity index (χ0v) is 12.1. The number of hydrogen-bond donors (Lipinski definition) is 0. The van der Waals surface area contributed by atoms with Gasteiger partial charge in [-0.3, -0.25) is 4.79 Å². The summed E-state index contributed by atoms with van der Waals surface area (Å²) < 4.78 is 10.2. The summed E-state index contributed by atoms with van der Waals surface area (Å²) in [5.74, 6) is 0.678. The highest BCUT2D eigenvalue weighted by Crippen LogP contribution is 2.23. The van der Waals surface area contributed by atoms with E-state index in [9.17, 15) is 4.79 Å². The van der Waals surface area contributed by atoms with Crippen LogP contribution in [0, 0.1) is 6.92 Å². The van der Waals surface area contributed by atoms with Crippen molar-refractivity contribution < 1.29 is 14.3 Å². The Bertz CT molecular complexity index is 359. The largest absolute Gasteiger partial charge is 0.496 e. The number of ether oxygens (including phenoxy) is 2.